The first-order chi connectivity index (χ1) is 20.6. The number of allylic oxidation sites excluding steroid dienone is 3. The van der Waals surface area contributed by atoms with Crippen molar-refractivity contribution in [1.29, 1.82) is 0 Å². The Balaban J connectivity index is 4.00. The molecule has 0 rings (SSSR count). The van der Waals surface area contributed by atoms with Gasteiger partial charge in [0.2, 0.25) is 0 Å². The summed E-state index contributed by atoms with van der Waals surface area (Å²) >= 11 is 0. The maximum absolute atomic E-state index is 12.5. The quantitative estimate of drug-likeness (QED) is 0.0469. The second-order valence-electron chi connectivity index (χ2n) is 12.4. The van der Waals surface area contributed by atoms with Crippen LogP contribution in [0.1, 0.15) is 200 Å². The molecule has 246 valence electrons. The van der Waals surface area contributed by atoms with E-state index >= 15 is 0 Å². The van der Waals surface area contributed by atoms with E-state index in [0.717, 1.165) is 57.8 Å². The summed E-state index contributed by atoms with van der Waals surface area (Å²) in [6, 6.07) is 0. The lowest BCUT2D eigenvalue weighted by atomic mass is 10.0. The van der Waals surface area contributed by atoms with Gasteiger partial charge in [-0.25, -0.2) is 0 Å². The van der Waals surface area contributed by atoms with Crippen LogP contribution in [-0.4, -0.2) is 23.1 Å². The number of rotatable bonds is 33. The van der Waals surface area contributed by atoms with Crippen molar-refractivity contribution in [1.82, 2.24) is 0 Å². The Morgan fingerprint density at radius 1 is 0.548 bits per heavy atom. The summed E-state index contributed by atoms with van der Waals surface area (Å²) in [4.78, 5) is 23.2. The molecular weight excluding hydrogens is 520 g/mol. The number of carboxylic acids is 1. The maximum atomic E-state index is 12.5. The molecule has 0 fully saturated rings. The summed E-state index contributed by atoms with van der Waals surface area (Å²) in [7, 11) is 0. The van der Waals surface area contributed by atoms with Crippen LogP contribution in [0.2, 0.25) is 0 Å². The highest BCUT2D eigenvalue weighted by molar-refractivity contribution is 5.69. The number of esters is 1. The third-order valence-electron chi connectivity index (χ3n) is 8.16. The first kappa shape index (κ1) is 40.4. The molecular formula is C38H70O4. The number of unbranched alkanes of at least 4 members (excludes halogenated alkanes) is 22. The molecule has 1 N–H and O–H groups in total. The molecule has 0 amide bonds. The van der Waals surface area contributed by atoms with Crippen molar-refractivity contribution in [3.8, 4) is 0 Å². The molecule has 0 radical (unpaired) electrons. The summed E-state index contributed by atoms with van der Waals surface area (Å²) in [5.41, 5.74) is 0. The smallest absolute Gasteiger partial charge is 0.306 e. The summed E-state index contributed by atoms with van der Waals surface area (Å²) < 4.78 is 5.85. The Hall–Kier alpha value is -1.58. The predicted molar refractivity (Wildman–Crippen MR) is 181 cm³/mol. The van der Waals surface area contributed by atoms with Gasteiger partial charge in [0.05, 0.1) is 0 Å². The Kier molecular flexibility index (Phi) is 32.6. The third-order valence-corrected chi connectivity index (χ3v) is 8.16. The lowest BCUT2D eigenvalue weighted by Crippen LogP contribution is -2.16. The molecule has 0 aromatic carbocycles. The van der Waals surface area contributed by atoms with Crippen molar-refractivity contribution in [3.63, 3.8) is 0 Å². The molecule has 0 aliphatic carbocycles. The number of aliphatic carboxylic acids is 1. The Morgan fingerprint density at radius 2 is 1.00 bits per heavy atom. The van der Waals surface area contributed by atoms with Crippen molar-refractivity contribution < 1.29 is 19.4 Å². The van der Waals surface area contributed by atoms with Crippen LogP contribution in [0.3, 0.4) is 0 Å². The van der Waals surface area contributed by atoms with E-state index < -0.39 is 5.97 Å². The van der Waals surface area contributed by atoms with Crippen LogP contribution >= 0.6 is 0 Å². The molecule has 0 saturated carbocycles. The van der Waals surface area contributed by atoms with Crippen molar-refractivity contribution in [3.05, 3.63) is 24.3 Å². The molecule has 0 aliphatic rings. The van der Waals surface area contributed by atoms with Crippen LogP contribution in [0.25, 0.3) is 0 Å². The van der Waals surface area contributed by atoms with Gasteiger partial charge in [-0.15, -0.1) is 0 Å². The molecule has 0 saturated heterocycles. The number of hydrogen-bond acceptors (Lipinski definition) is 3. The predicted octanol–water partition coefficient (Wildman–Crippen LogP) is 12.4. The molecule has 0 bridgehead atoms. The largest absolute Gasteiger partial charge is 0.481 e. The van der Waals surface area contributed by atoms with Crippen molar-refractivity contribution in [2.24, 2.45) is 0 Å². The number of carbonyl (C=O) groups excluding carboxylic acids is 1. The fourth-order valence-electron chi connectivity index (χ4n) is 5.43. The van der Waals surface area contributed by atoms with Gasteiger partial charge in [0.1, 0.15) is 6.10 Å². The average molecular weight is 591 g/mol. The Morgan fingerprint density at radius 3 is 1.52 bits per heavy atom. The van der Waals surface area contributed by atoms with E-state index in [1.807, 2.05) is 0 Å². The zero-order valence-corrected chi connectivity index (χ0v) is 28.1. The van der Waals surface area contributed by atoms with Gasteiger partial charge in [-0.1, -0.05) is 160 Å². The fourth-order valence-corrected chi connectivity index (χ4v) is 5.43. The van der Waals surface area contributed by atoms with Crippen molar-refractivity contribution in [2.75, 3.05) is 0 Å². The maximum Gasteiger partial charge on any atom is 0.306 e. The van der Waals surface area contributed by atoms with E-state index in [9.17, 15) is 9.59 Å². The zero-order chi connectivity index (χ0) is 30.8. The summed E-state index contributed by atoms with van der Waals surface area (Å²) in [6.07, 6.45) is 42.1. The third kappa shape index (κ3) is 32.9. The van der Waals surface area contributed by atoms with Gasteiger partial charge >= 0.3 is 11.9 Å². The van der Waals surface area contributed by atoms with Gasteiger partial charge in [-0.05, 0) is 51.0 Å². The molecule has 4 nitrogen and oxygen atoms in total. The van der Waals surface area contributed by atoms with Gasteiger partial charge in [-0.2, -0.15) is 0 Å². The zero-order valence-electron chi connectivity index (χ0n) is 28.1. The molecule has 42 heavy (non-hydrogen) atoms. The van der Waals surface area contributed by atoms with Crippen LogP contribution in [-0.2, 0) is 14.3 Å². The molecule has 0 aromatic heterocycles. The lowest BCUT2D eigenvalue weighted by Gasteiger charge is -2.14. The molecule has 0 aromatic rings. The summed E-state index contributed by atoms with van der Waals surface area (Å²) in [5.74, 6) is -0.801. The summed E-state index contributed by atoms with van der Waals surface area (Å²) in [6.45, 7) is 4.52. The van der Waals surface area contributed by atoms with E-state index in [-0.39, 0.29) is 18.5 Å². The summed E-state index contributed by atoms with van der Waals surface area (Å²) in [5, 5.41) is 8.81. The highest BCUT2D eigenvalue weighted by Gasteiger charge is 2.11. The minimum atomic E-state index is -0.725. The van der Waals surface area contributed by atoms with Crippen molar-refractivity contribution in [2.45, 2.75) is 206 Å². The van der Waals surface area contributed by atoms with E-state index in [4.69, 9.17) is 9.84 Å². The minimum Gasteiger partial charge on any atom is -0.481 e. The van der Waals surface area contributed by atoms with Crippen LogP contribution in [0.15, 0.2) is 24.3 Å². The van der Waals surface area contributed by atoms with Gasteiger partial charge in [-0.3, -0.25) is 9.59 Å². The van der Waals surface area contributed by atoms with E-state index in [1.54, 1.807) is 0 Å². The van der Waals surface area contributed by atoms with E-state index in [2.05, 4.69) is 38.2 Å². The number of carboxylic acid groups (broad SMARTS) is 1. The topological polar surface area (TPSA) is 63.6 Å². The molecule has 4 heteroatoms. The SMILES string of the molecule is CCCCCC/C=C\C/C=C\C(CCCCCCC(=O)O)OC(=O)CCCCCCCCCCCCCCCCCC. The molecule has 1 unspecified atom stereocenters. The Labute approximate surface area is 261 Å². The fraction of sp³-hybridized carbons (Fsp3) is 0.842. The second kappa shape index (κ2) is 33.9. The number of hydrogen-bond donors (Lipinski definition) is 1. The van der Waals surface area contributed by atoms with Gasteiger partial charge in [0.15, 0.2) is 0 Å². The number of carbonyl (C=O) groups is 2. The van der Waals surface area contributed by atoms with E-state index in [1.165, 1.54) is 116 Å². The first-order valence-electron chi connectivity index (χ1n) is 18.3. The lowest BCUT2D eigenvalue weighted by molar-refractivity contribution is -0.147. The van der Waals surface area contributed by atoms with Crippen LogP contribution in [0, 0.1) is 0 Å². The van der Waals surface area contributed by atoms with Gasteiger partial charge < -0.3 is 9.84 Å². The highest BCUT2D eigenvalue weighted by atomic mass is 16.5. The minimum absolute atomic E-state index is 0.0765. The van der Waals surface area contributed by atoms with Crippen LogP contribution in [0.5, 0.6) is 0 Å². The van der Waals surface area contributed by atoms with E-state index in [0.29, 0.717) is 6.42 Å². The average Bonchev–Trinajstić information content (AvgIpc) is 2.97. The molecule has 0 spiro atoms. The first-order valence-corrected chi connectivity index (χ1v) is 18.3. The van der Waals surface area contributed by atoms with Gasteiger partial charge in [0.25, 0.3) is 0 Å². The molecule has 1 atom stereocenters. The normalized spacial score (nSPS) is 12.4. The van der Waals surface area contributed by atoms with Crippen molar-refractivity contribution >= 4 is 11.9 Å². The monoisotopic (exact) mass is 591 g/mol. The van der Waals surface area contributed by atoms with Crippen LogP contribution < -0.4 is 0 Å². The molecule has 0 heterocycles. The van der Waals surface area contributed by atoms with Crippen LogP contribution in [0.4, 0.5) is 0 Å². The second-order valence-corrected chi connectivity index (χ2v) is 12.4. The standard InChI is InChI=1S/C38H70O4/c1-3-5-7-9-11-13-14-15-16-17-18-19-21-23-25-31-35-38(41)42-36(33-29-26-27-30-34-37(39)40)32-28-24-22-20-12-10-8-6-4-2/h20,22,28,32,36H,3-19,21,23-27,29-31,33-35H2,1-2H3,(H,39,40)/b22-20-,32-28-. The number of ether oxygens (including phenoxy) is 1. The highest BCUT2D eigenvalue weighted by Crippen LogP contribution is 2.16. The Bertz CT molecular complexity index is 639. The molecule has 0 aliphatic heterocycles. The van der Waals surface area contributed by atoms with Gasteiger partial charge in [0, 0.05) is 12.8 Å².